The van der Waals surface area contributed by atoms with Gasteiger partial charge in [-0.2, -0.15) is 0 Å². The molecule has 0 spiro atoms. The molecule has 0 amide bonds. The Bertz CT molecular complexity index is 210. The lowest BCUT2D eigenvalue weighted by Crippen LogP contribution is -2.41. The molecule has 2 nitrogen and oxygen atoms in total. The molecule has 1 atom stereocenters. The van der Waals surface area contributed by atoms with Gasteiger partial charge in [0.15, 0.2) is 0 Å². The zero-order valence-corrected chi connectivity index (χ0v) is 8.68. The molecule has 2 heteroatoms. The first-order valence-electron chi connectivity index (χ1n) is 5.03. The molecular formula is C11H19NO. The monoisotopic (exact) mass is 181 g/mol. The standard InChI is InChI=1S/C11H19NO/c1-4-10-8-12(7-9(2)3)6-5-11(10)13/h10H,2,4-8H2,1,3H3. The third-order valence-corrected chi connectivity index (χ3v) is 2.59. The summed E-state index contributed by atoms with van der Waals surface area (Å²) in [4.78, 5) is 13.7. The molecule has 1 rings (SSSR count). The zero-order valence-electron chi connectivity index (χ0n) is 8.68. The maximum absolute atomic E-state index is 11.4. The highest BCUT2D eigenvalue weighted by molar-refractivity contribution is 5.82. The largest absolute Gasteiger partial charge is 0.299 e. The van der Waals surface area contributed by atoms with Gasteiger partial charge in [-0.3, -0.25) is 9.69 Å². The van der Waals surface area contributed by atoms with Gasteiger partial charge in [-0.25, -0.2) is 0 Å². The molecule has 1 unspecified atom stereocenters. The van der Waals surface area contributed by atoms with Crippen LogP contribution in [0.15, 0.2) is 12.2 Å². The van der Waals surface area contributed by atoms with Crippen molar-refractivity contribution in [3.05, 3.63) is 12.2 Å². The topological polar surface area (TPSA) is 20.3 Å². The first-order chi connectivity index (χ1) is 6.13. The number of hydrogen-bond donors (Lipinski definition) is 0. The quantitative estimate of drug-likeness (QED) is 0.619. The minimum atomic E-state index is 0.271. The minimum Gasteiger partial charge on any atom is -0.299 e. The van der Waals surface area contributed by atoms with E-state index in [9.17, 15) is 4.79 Å². The zero-order chi connectivity index (χ0) is 9.84. The van der Waals surface area contributed by atoms with E-state index in [1.54, 1.807) is 0 Å². The summed E-state index contributed by atoms with van der Waals surface area (Å²) < 4.78 is 0. The highest BCUT2D eigenvalue weighted by Gasteiger charge is 2.25. The van der Waals surface area contributed by atoms with E-state index in [0.717, 1.165) is 32.5 Å². The van der Waals surface area contributed by atoms with Crippen LogP contribution < -0.4 is 0 Å². The van der Waals surface area contributed by atoms with Gasteiger partial charge in [-0.05, 0) is 13.3 Å². The Morgan fingerprint density at radius 2 is 2.38 bits per heavy atom. The third kappa shape index (κ3) is 2.96. The van der Waals surface area contributed by atoms with Crippen molar-refractivity contribution in [3.8, 4) is 0 Å². The molecule has 13 heavy (non-hydrogen) atoms. The minimum absolute atomic E-state index is 0.271. The lowest BCUT2D eigenvalue weighted by molar-refractivity contribution is -0.126. The molecule has 1 saturated heterocycles. The van der Waals surface area contributed by atoms with Gasteiger partial charge in [0, 0.05) is 32.0 Å². The number of ketones is 1. The van der Waals surface area contributed by atoms with Gasteiger partial charge in [0.05, 0.1) is 0 Å². The second-order valence-corrected chi connectivity index (χ2v) is 4.01. The van der Waals surface area contributed by atoms with Gasteiger partial charge in [0.2, 0.25) is 0 Å². The normalized spacial score (nSPS) is 24.8. The van der Waals surface area contributed by atoms with Crippen molar-refractivity contribution in [2.24, 2.45) is 5.92 Å². The summed E-state index contributed by atoms with van der Waals surface area (Å²) in [5.41, 5.74) is 1.18. The SMILES string of the molecule is C=C(C)CN1CCC(=O)C(CC)C1. The maximum atomic E-state index is 11.4. The van der Waals surface area contributed by atoms with E-state index in [4.69, 9.17) is 0 Å². The number of piperidine rings is 1. The van der Waals surface area contributed by atoms with Crippen LogP contribution in [0.3, 0.4) is 0 Å². The average molecular weight is 181 g/mol. The number of carbonyl (C=O) groups is 1. The molecule has 74 valence electrons. The van der Waals surface area contributed by atoms with Crippen molar-refractivity contribution < 1.29 is 4.79 Å². The smallest absolute Gasteiger partial charge is 0.138 e. The van der Waals surface area contributed by atoms with Crippen LogP contribution in [0.2, 0.25) is 0 Å². The van der Waals surface area contributed by atoms with Crippen molar-refractivity contribution in [2.45, 2.75) is 26.7 Å². The number of carbonyl (C=O) groups excluding carboxylic acids is 1. The lowest BCUT2D eigenvalue weighted by Gasteiger charge is -2.31. The Morgan fingerprint density at radius 1 is 1.69 bits per heavy atom. The van der Waals surface area contributed by atoms with Crippen LogP contribution in [0.4, 0.5) is 0 Å². The first kappa shape index (κ1) is 10.5. The highest BCUT2D eigenvalue weighted by Crippen LogP contribution is 2.16. The fourth-order valence-electron chi connectivity index (χ4n) is 1.86. The predicted molar refractivity (Wildman–Crippen MR) is 54.7 cm³/mol. The van der Waals surface area contributed by atoms with Gasteiger partial charge in [-0.15, -0.1) is 0 Å². The summed E-state index contributed by atoms with van der Waals surface area (Å²) in [5.74, 6) is 0.716. The van der Waals surface area contributed by atoms with E-state index < -0.39 is 0 Å². The van der Waals surface area contributed by atoms with Crippen molar-refractivity contribution in [1.82, 2.24) is 4.90 Å². The number of likely N-dealkylation sites (tertiary alicyclic amines) is 1. The molecule has 1 aliphatic heterocycles. The van der Waals surface area contributed by atoms with Crippen LogP contribution in [0, 0.1) is 5.92 Å². The average Bonchev–Trinajstić information content (AvgIpc) is 2.07. The van der Waals surface area contributed by atoms with Crippen LogP contribution in [-0.4, -0.2) is 30.3 Å². The Morgan fingerprint density at radius 3 is 2.92 bits per heavy atom. The summed E-state index contributed by atoms with van der Waals surface area (Å²) in [5, 5.41) is 0. The van der Waals surface area contributed by atoms with E-state index in [1.807, 2.05) is 6.92 Å². The van der Waals surface area contributed by atoms with Gasteiger partial charge in [0.1, 0.15) is 5.78 Å². The fraction of sp³-hybridized carbons (Fsp3) is 0.727. The molecule has 1 fully saturated rings. The summed E-state index contributed by atoms with van der Waals surface area (Å²) in [6, 6.07) is 0. The molecule has 0 aromatic carbocycles. The Labute approximate surface area is 80.6 Å². The highest BCUT2D eigenvalue weighted by atomic mass is 16.1. The molecule has 1 aliphatic rings. The molecule has 0 aromatic rings. The molecule has 0 aliphatic carbocycles. The summed E-state index contributed by atoms with van der Waals surface area (Å²) in [6.45, 7) is 10.8. The number of rotatable bonds is 3. The van der Waals surface area contributed by atoms with E-state index in [2.05, 4.69) is 18.4 Å². The molecule has 1 heterocycles. The van der Waals surface area contributed by atoms with Crippen LogP contribution in [0.5, 0.6) is 0 Å². The molecule has 0 bridgehead atoms. The second-order valence-electron chi connectivity index (χ2n) is 4.01. The lowest BCUT2D eigenvalue weighted by atomic mass is 9.94. The van der Waals surface area contributed by atoms with Crippen LogP contribution >= 0.6 is 0 Å². The summed E-state index contributed by atoms with van der Waals surface area (Å²) >= 11 is 0. The molecule has 0 aromatic heterocycles. The van der Waals surface area contributed by atoms with Gasteiger partial charge in [-0.1, -0.05) is 19.1 Å². The van der Waals surface area contributed by atoms with E-state index in [1.165, 1.54) is 5.57 Å². The van der Waals surface area contributed by atoms with Crippen molar-refractivity contribution in [1.29, 1.82) is 0 Å². The van der Waals surface area contributed by atoms with E-state index in [0.29, 0.717) is 5.78 Å². The first-order valence-corrected chi connectivity index (χ1v) is 5.03. The van der Waals surface area contributed by atoms with Gasteiger partial charge < -0.3 is 0 Å². The van der Waals surface area contributed by atoms with Crippen molar-refractivity contribution >= 4 is 5.78 Å². The second kappa shape index (κ2) is 4.56. The van der Waals surface area contributed by atoms with E-state index in [-0.39, 0.29) is 5.92 Å². The number of nitrogens with zero attached hydrogens (tertiary/aromatic N) is 1. The van der Waals surface area contributed by atoms with Crippen molar-refractivity contribution in [3.63, 3.8) is 0 Å². The van der Waals surface area contributed by atoms with Crippen LogP contribution in [0.1, 0.15) is 26.7 Å². The summed E-state index contributed by atoms with van der Waals surface area (Å²) in [7, 11) is 0. The molecule has 0 saturated carbocycles. The van der Waals surface area contributed by atoms with Crippen LogP contribution in [0.25, 0.3) is 0 Å². The summed E-state index contributed by atoms with van der Waals surface area (Å²) in [6.07, 6.45) is 1.71. The predicted octanol–water partition coefficient (Wildman–Crippen LogP) is 1.86. The van der Waals surface area contributed by atoms with Gasteiger partial charge in [0.25, 0.3) is 0 Å². The number of hydrogen-bond acceptors (Lipinski definition) is 2. The Hall–Kier alpha value is -0.630. The molecule has 0 radical (unpaired) electrons. The molecule has 0 N–H and O–H groups in total. The van der Waals surface area contributed by atoms with E-state index >= 15 is 0 Å². The third-order valence-electron chi connectivity index (χ3n) is 2.59. The Balaban J connectivity index is 2.44. The fourth-order valence-corrected chi connectivity index (χ4v) is 1.86. The van der Waals surface area contributed by atoms with Crippen molar-refractivity contribution in [2.75, 3.05) is 19.6 Å². The van der Waals surface area contributed by atoms with Gasteiger partial charge >= 0.3 is 0 Å². The molecular weight excluding hydrogens is 162 g/mol. The maximum Gasteiger partial charge on any atom is 0.138 e. The Kier molecular flexibility index (Phi) is 3.67. The van der Waals surface area contributed by atoms with Crippen LogP contribution in [-0.2, 0) is 4.79 Å². The number of Topliss-reactive ketones (excluding diaryl/α,β-unsaturated/α-hetero) is 1.